The number of hydrogen-bond donors (Lipinski definition) is 0. The molecule has 0 bridgehead atoms. The third kappa shape index (κ3) is 2.36. The zero-order chi connectivity index (χ0) is 14.1. The number of benzene rings is 1. The van der Waals surface area contributed by atoms with Crippen LogP contribution in [-0.2, 0) is 11.4 Å². The highest BCUT2D eigenvalue weighted by atomic mass is 32.1. The second kappa shape index (κ2) is 5.59. The number of aromatic nitrogens is 2. The Kier molecular flexibility index (Phi) is 3.82. The van der Waals surface area contributed by atoms with E-state index < -0.39 is 6.55 Å². The minimum atomic E-state index is -2.63. The lowest BCUT2D eigenvalue weighted by molar-refractivity contribution is 0.0228. The molecule has 0 atom stereocenters. The third-order valence-electron chi connectivity index (χ3n) is 3.51. The van der Waals surface area contributed by atoms with Crippen LogP contribution in [0.15, 0.2) is 24.3 Å². The SMILES string of the molecule is FC(F)n1c(=S)n(CN2CCOCC2)c2ccccc21. The summed E-state index contributed by atoms with van der Waals surface area (Å²) >= 11 is 5.23. The fourth-order valence-electron chi connectivity index (χ4n) is 2.50. The maximum Gasteiger partial charge on any atom is 0.321 e. The van der Waals surface area contributed by atoms with E-state index in [1.54, 1.807) is 16.7 Å². The van der Waals surface area contributed by atoms with Gasteiger partial charge in [0.15, 0.2) is 4.77 Å². The number of fused-ring (bicyclic) bond motifs is 1. The molecule has 1 aromatic heterocycles. The fraction of sp³-hybridized carbons (Fsp3) is 0.462. The van der Waals surface area contributed by atoms with E-state index in [0.29, 0.717) is 25.4 Å². The summed E-state index contributed by atoms with van der Waals surface area (Å²) in [7, 11) is 0. The number of rotatable bonds is 3. The molecule has 0 amide bonds. The van der Waals surface area contributed by atoms with Crippen molar-refractivity contribution in [3.05, 3.63) is 29.0 Å². The van der Waals surface area contributed by atoms with Gasteiger partial charge in [0.1, 0.15) is 0 Å². The molecule has 0 spiro atoms. The van der Waals surface area contributed by atoms with Gasteiger partial charge in [0.2, 0.25) is 0 Å². The zero-order valence-corrected chi connectivity index (χ0v) is 11.7. The molecule has 108 valence electrons. The zero-order valence-electron chi connectivity index (χ0n) is 10.8. The van der Waals surface area contributed by atoms with Crippen molar-refractivity contribution in [1.29, 1.82) is 0 Å². The van der Waals surface area contributed by atoms with Crippen LogP contribution in [0, 0.1) is 4.77 Å². The Morgan fingerprint density at radius 3 is 2.45 bits per heavy atom. The standard InChI is InChI=1S/C13H15F2N3OS/c14-12(15)18-11-4-2-1-3-10(11)17(13(18)20)9-16-5-7-19-8-6-16/h1-4,12H,5-9H2. The summed E-state index contributed by atoms with van der Waals surface area (Å²) in [5.74, 6) is 0. The number of hydrogen-bond acceptors (Lipinski definition) is 3. The third-order valence-corrected chi connectivity index (χ3v) is 3.93. The number of para-hydroxylation sites is 2. The van der Waals surface area contributed by atoms with Crippen molar-refractivity contribution in [1.82, 2.24) is 14.0 Å². The average molecular weight is 299 g/mol. The summed E-state index contributed by atoms with van der Waals surface area (Å²) in [6, 6.07) is 7.08. The molecule has 2 heterocycles. The van der Waals surface area contributed by atoms with Gasteiger partial charge in [-0.15, -0.1) is 0 Å². The van der Waals surface area contributed by atoms with Gasteiger partial charge in [0, 0.05) is 13.1 Å². The van der Waals surface area contributed by atoms with Gasteiger partial charge in [-0.2, -0.15) is 8.78 Å². The Hall–Kier alpha value is -1.31. The van der Waals surface area contributed by atoms with E-state index in [4.69, 9.17) is 17.0 Å². The highest BCUT2D eigenvalue weighted by Crippen LogP contribution is 2.24. The highest BCUT2D eigenvalue weighted by Gasteiger charge is 2.18. The minimum absolute atomic E-state index is 0.160. The molecule has 20 heavy (non-hydrogen) atoms. The Labute approximate surface area is 120 Å². The van der Waals surface area contributed by atoms with Crippen molar-refractivity contribution in [2.24, 2.45) is 0 Å². The van der Waals surface area contributed by atoms with Crippen LogP contribution in [0.3, 0.4) is 0 Å². The molecule has 2 aromatic rings. The lowest BCUT2D eigenvalue weighted by Gasteiger charge is -2.27. The first kappa shape index (κ1) is 13.7. The van der Waals surface area contributed by atoms with Crippen LogP contribution in [0.4, 0.5) is 8.78 Å². The topological polar surface area (TPSA) is 22.3 Å². The molecular weight excluding hydrogens is 284 g/mol. The molecule has 3 rings (SSSR count). The molecular formula is C13H15F2N3OS. The van der Waals surface area contributed by atoms with Crippen molar-refractivity contribution in [3.63, 3.8) is 0 Å². The second-order valence-electron chi connectivity index (χ2n) is 4.72. The minimum Gasteiger partial charge on any atom is -0.379 e. The van der Waals surface area contributed by atoms with E-state index >= 15 is 0 Å². The molecule has 1 fully saturated rings. The van der Waals surface area contributed by atoms with Crippen LogP contribution in [0.2, 0.25) is 0 Å². The van der Waals surface area contributed by atoms with Gasteiger partial charge < -0.3 is 9.30 Å². The molecule has 1 aromatic carbocycles. The van der Waals surface area contributed by atoms with E-state index in [9.17, 15) is 8.78 Å². The van der Waals surface area contributed by atoms with Crippen molar-refractivity contribution >= 4 is 23.3 Å². The van der Waals surface area contributed by atoms with Crippen LogP contribution < -0.4 is 0 Å². The molecule has 0 aliphatic carbocycles. The maximum absolute atomic E-state index is 13.2. The van der Waals surface area contributed by atoms with Gasteiger partial charge >= 0.3 is 6.55 Å². The van der Waals surface area contributed by atoms with E-state index in [1.807, 2.05) is 12.1 Å². The maximum atomic E-state index is 13.2. The van der Waals surface area contributed by atoms with E-state index in [0.717, 1.165) is 23.2 Å². The Morgan fingerprint density at radius 2 is 1.80 bits per heavy atom. The largest absolute Gasteiger partial charge is 0.379 e. The molecule has 7 heteroatoms. The van der Waals surface area contributed by atoms with Crippen molar-refractivity contribution < 1.29 is 13.5 Å². The fourth-order valence-corrected chi connectivity index (χ4v) is 2.83. The molecule has 0 radical (unpaired) electrons. The van der Waals surface area contributed by atoms with Gasteiger partial charge in [0.05, 0.1) is 30.9 Å². The smallest absolute Gasteiger partial charge is 0.321 e. The van der Waals surface area contributed by atoms with Gasteiger partial charge in [-0.1, -0.05) is 12.1 Å². The first-order chi connectivity index (χ1) is 9.68. The van der Waals surface area contributed by atoms with E-state index in [1.165, 1.54) is 0 Å². The summed E-state index contributed by atoms with van der Waals surface area (Å²) in [4.78, 5) is 2.15. The Morgan fingerprint density at radius 1 is 1.15 bits per heavy atom. The van der Waals surface area contributed by atoms with Crippen molar-refractivity contribution in [2.45, 2.75) is 13.2 Å². The lowest BCUT2D eigenvalue weighted by Crippen LogP contribution is -2.37. The van der Waals surface area contributed by atoms with Crippen LogP contribution in [0.5, 0.6) is 0 Å². The quantitative estimate of drug-likeness (QED) is 0.814. The van der Waals surface area contributed by atoms with Crippen LogP contribution in [0.1, 0.15) is 6.55 Å². The van der Waals surface area contributed by atoms with Crippen LogP contribution in [-0.4, -0.2) is 40.3 Å². The van der Waals surface area contributed by atoms with Crippen molar-refractivity contribution in [2.75, 3.05) is 26.3 Å². The van der Waals surface area contributed by atoms with Gasteiger partial charge in [-0.25, -0.2) is 0 Å². The Bertz CT molecular complexity index is 661. The summed E-state index contributed by atoms with van der Waals surface area (Å²) in [6.45, 7) is 0.800. The van der Waals surface area contributed by atoms with Crippen LogP contribution in [0.25, 0.3) is 11.0 Å². The summed E-state index contributed by atoms with van der Waals surface area (Å²) < 4.78 is 34.5. The Balaban J connectivity index is 2.05. The first-order valence-electron chi connectivity index (χ1n) is 6.46. The molecule has 1 aliphatic rings. The number of ether oxygens (including phenoxy) is 1. The molecule has 1 saturated heterocycles. The lowest BCUT2D eigenvalue weighted by atomic mass is 10.3. The van der Waals surface area contributed by atoms with E-state index in [2.05, 4.69) is 4.90 Å². The average Bonchev–Trinajstić information content (AvgIpc) is 2.73. The number of nitrogens with zero attached hydrogens (tertiary/aromatic N) is 3. The second-order valence-corrected chi connectivity index (χ2v) is 5.08. The number of halogens is 2. The van der Waals surface area contributed by atoms with Crippen LogP contribution >= 0.6 is 12.2 Å². The molecule has 4 nitrogen and oxygen atoms in total. The molecule has 0 unspecified atom stereocenters. The van der Waals surface area contributed by atoms with Gasteiger partial charge in [0.25, 0.3) is 0 Å². The van der Waals surface area contributed by atoms with Gasteiger partial charge in [-0.05, 0) is 24.4 Å². The predicted octanol–water partition coefficient (Wildman–Crippen LogP) is 2.86. The highest BCUT2D eigenvalue weighted by molar-refractivity contribution is 7.71. The normalized spacial score (nSPS) is 17.1. The van der Waals surface area contributed by atoms with Gasteiger partial charge in [-0.3, -0.25) is 9.47 Å². The number of morpholine rings is 1. The van der Waals surface area contributed by atoms with Crippen molar-refractivity contribution in [3.8, 4) is 0 Å². The summed E-state index contributed by atoms with van der Waals surface area (Å²) in [5.41, 5.74) is 1.21. The number of alkyl halides is 2. The van der Waals surface area contributed by atoms with E-state index in [-0.39, 0.29) is 4.77 Å². The predicted molar refractivity (Wildman–Crippen MR) is 74.4 cm³/mol. The molecule has 0 saturated carbocycles. The monoisotopic (exact) mass is 299 g/mol. The summed E-state index contributed by atoms with van der Waals surface area (Å²) in [6.07, 6.45) is 0. The molecule has 1 aliphatic heterocycles. The summed E-state index contributed by atoms with van der Waals surface area (Å²) in [5, 5.41) is 0. The number of imidazole rings is 1. The molecule has 0 N–H and O–H groups in total. The first-order valence-corrected chi connectivity index (χ1v) is 6.87.